The number of allylic oxidation sites excluding steroid dienone is 1. The van der Waals surface area contributed by atoms with Crippen LogP contribution in [0.1, 0.15) is 19.4 Å². The molecule has 154 valence electrons. The third-order valence-electron chi connectivity index (χ3n) is 5.63. The molecule has 0 aromatic heterocycles. The predicted octanol–water partition coefficient (Wildman–Crippen LogP) is 0.809. The molecule has 0 radical (unpaired) electrons. The van der Waals surface area contributed by atoms with Crippen LogP contribution in [-0.2, 0) is 15.0 Å². The van der Waals surface area contributed by atoms with Crippen molar-refractivity contribution in [3.63, 3.8) is 0 Å². The smallest absolute Gasteiger partial charge is 0.227 e. The van der Waals surface area contributed by atoms with Crippen LogP contribution in [0.4, 0.5) is 0 Å². The molecule has 3 saturated heterocycles. The van der Waals surface area contributed by atoms with Crippen LogP contribution in [0.3, 0.4) is 0 Å². The number of rotatable bonds is 5. The molecule has 3 fully saturated rings. The largest absolute Gasteiger partial charge is 0.508 e. The number of carbonyl (C=O) groups excluding carboxylic acids is 2. The lowest BCUT2D eigenvalue weighted by Gasteiger charge is -2.23. The Morgan fingerprint density at radius 3 is 2.00 bits per heavy atom. The van der Waals surface area contributed by atoms with Crippen molar-refractivity contribution < 1.29 is 14.7 Å². The van der Waals surface area contributed by atoms with Gasteiger partial charge in [-0.15, -0.1) is 0 Å². The Morgan fingerprint density at radius 2 is 1.48 bits per heavy atom. The Kier molecular flexibility index (Phi) is 4.86. The predicted molar refractivity (Wildman–Crippen MR) is 110 cm³/mol. The summed E-state index contributed by atoms with van der Waals surface area (Å²) in [5.41, 5.74) is 8.24. The molecule has 0 bridgehead atoms. The Labute approximate surface area is 171 Å². The molecule has 3 heterocycles. The molecule has 1 aromatic rings. The first-order valence-corrected chi connectivity index (χ1v) is 10.1. The minimum absolute atomic E-state index is 0.00546. The summed E-state index contributed by atoms with van der Waals surface area (Å²) >= 11 is 0. The van der Waals surface area contributed by atoms with Crippen molar-refractivity contribution in [3.05, 3.63) is 53.0 Å². The van der Waals surface area contributed by atoms with Crippen molar-refractivity contribution in [3.8, 4) is 5.75 Å². The highest BCUT2D eigenvalue weighted by Gasteiger charge is 2.43. The molecular formula is C22H28N4O3. The van der Waals surface area contributed by atoms with Crippen LogP contribution < -0.4 is 5.73 Å². The number of phenolic OH excluding ortho intramolecular Hbond substituents is 1. The van der Waals surface area contributed by atoms with Gasteiger partial charge in [-0.3, -0.25) is 9.59 Å². The zero-order valence-corrected chi connectivity index (χ0v) is 17.0. The van der Waals surface area contributed by atoms with Gasteiger partial charge in [-0.1, -0.05) is 32.0 Å². The molecule has 3 N–H and O–H groups in total. The van der Waals surface area contributed by atoms with Gasteiger partial charge in [0.1, 0.15) is 17.1 Å². The van der Waals surface area contributed by atoms with Gasteiger partial charge in [0.05, 0.1) is 5.70 Å². The normalized spacial score (nSPS) is 20.4. The number of ketones is 2. The third kappa shape index (κ3) is 4.00. The fraction of sp³-hybridized carbons (Fsp3) is 0.455. The number of hydrogen-bond acceptors (Lipinski definition) is 7. The van der Waals surface area contributed by atoms with Gasteiger partial charge in [0.15, 0.2) is 0 Å². The second-order valence-corrected chi connectivity index (χ2v) is 8.49. The topological polar surface area (TPSA) is 89.4 Å². The van der Waals surface area contributed by atoms with Crippen LogP contribution in [0, 0.1) is 0 Å². The molecule has 3 aliphatic heterocycles. The molecule has 5 rings (SSSR count). The van der Waals surface area contributed by atoms with Gasteiger partial charge in [0.25, 0.3) is 0 Å². The maximum Gasteiger partial charge on any atom is 0.227 e. The average molecular weight is 396 g/mol. The van der Waals surface area contributed by atoms with Crippen LogP contribution in [0.25, 0.3) is 0 Å². The van der Waals surface area contributed by atoms with Crippen LogP contribution >= 0.6 is 0 Å². The van der Waals surface area contributed by atoms with Gasteiger partial charge in [0, 0.05) is 62.9 Å². The number of nitrogens with two attached hydrogens (primary N) is 1. The van der Waals surface area contributed by atoms with Gasteiger partial charge in [0.2, 0.25) is 11.6 Å². The maximum absolute atomic E-state index is 12.4. The molecule has 29 heavy (non-hydrogen) atoms. The van der Waals surface area contributed by atoms with E-state index in [0.29, 0.717) is 29.4 Å². The highest BCUT2D eigenvalue weighted by Crippen LogP contribution is 2.34. The van der Waals surface area contributed by atoms with Gasteiger partial charge < -0.3 is 25.5 Å². The highest BCUT2D eigenvalue weighted by atomic mass is 16.3. The molecule has 7 heteroatoms. The first-order chi connectivity index (χ1) is 13.8. The monoisotopic (exact) mass is 396 g/mol. The summed E-state index contributed by atoms with van der Waals surface area (Å²) in [4.78, 5) is 30.5. The van der Waals surface area contributed by atoms with E-state index in [-0.39, 0.29) is 17.0 Å². The Bertz CT molecular complexity index is 906. The number of Topliss-reactive ketones (excluding diaryl/α,β-unsaturated/α-hetero) is 1. The number of para-hydroxylation sites is 1. The molecule has 0 amide bonds. The van der Waals surface area contributed by atoms with Crippen molar-refractivity contribution in [2.24, 2.45) is 5.73 Å². The van der Waals surface area contributed by atoms with Crippen molar-refractivity contribution in [2.45, 2.75) is 19.3 Å². The van der Waals surface area contributed by atoms with E-state index in [4.69, 9.17) is 5.73 Å². The summed E-state index contributed by atoms with van der Waals surface area (Å²) < 4.78 is 0. The van der Waals surface area contributed by atoms with Crippen molar-refractivity contribution in [2.75, 3.05) is 45.8 Å². The van der Waals surface area contributed by atoms with Gasteiger partial charge in [-0.2, -0.15) is 0 Å². The summed E-state index contributed by atoms with van der Waals surface area (Å²) in [5, 5.41) is 9.52. The second-order valence-electron chi connectivity index (χ2n) is 8.49. The van der Waals surface area contributed by atoms with Gasteiger partial charge >= 0.3 is 0 Å². The van der Waals surface area contributed by atoms with E-state index in [0.717, 1.165) is 44.8 Å². The Morgan fingerprint density at radius 1 is 0.931 bits per heavy atom. The van der Waals surface area contributed by atoms with Crippen LogP contribution in [0.2, 0.25) is 0 Å². The first-order valence-electron chi connectivity index (χ1n) is 10.1. The highest BCUT2D eigenvalue weighted by molar-refractivity contribution is 6.22. The molecule has 7 nitrogen and oxygen atoms in total. The number of aromatic hydroxyl groups is 1. The maximum atomic E-state index is 12.4. The SMILES string of the molecule is CC(C)(CN)c1ccccc1O.O=C1C=C(N2CC2)C(=O)C(N2CC2)=C1N1CC1. The van der Waals surface area contributed by atoms with E-state index < -0.39 is 0 Å². The van der Waals surface area contributed by atoms with E-state index in [1.807, 2.05) is 46.7 Å². The minimum atomic E-state index is -0.147. The molecule has 1 aliphatic carbocycles. The van der Waals surface area contributed by atoms with E-state index in [1.54, 1.807) is 6.07 Å². The molecule has 1 aromatic carbocycles. The standard InChI is InChI=1S/C12H13N3O2.C10H15NO/c16-9-7-8(13-1-2-13)12(17)11(15-5-6-15)10(9)14-3-4-14;1-10(2,7-11)8-5-3-4-6-9(8)12/h7H,1-6H2;3-6,12H,7,11H2,1-2H3. The molecule has 0 saturated carbocycles. The number of phenols is 1. The molecule has 0 unspecified atom stereocenters. The van der Waals surface area contributed by atoms with Crippen LogP contribution in [0.15, 0.2) is 47.4 Å². The second kappa shape index (κ2) is 7.22. The zero-order chi connectivity index (χ0) is 20.8. The average Bonchev–Trinajstić information content (AvgIpc) is 3.56. The number of hydrogen-bond donors (Lipinski definition) is 2. The van der Waals surface area contributed by atoms with E-state index in [1.165, 1.54) is 6.08 Å². The Balaban J connectivity index is 0.000000152. The van der Waals surface area contributed by atoms with Crippen molar-refractivity contribution in [1.82, 2.24) is 14.7 Å². The lowest BCUT2D eigenvalue weighted by atomic mass is 9.84. The minimum Gasteiger partial charge on any atom is -0.508 e. The first kappa shape index (κ1) is 19.5. The van der Waals surface area contributed by atoms with Gasteiger partial charge in [-0.25, -0.2) is 0 Å². The fourth-order valence-electron chi connectivity index (χ4n) is 3.43. The number of carbonyl (C=O) groups is 2. The number of nitrogens with zero attached hydrogens (tertiary/aromatic N) is 3. The summed E-state index contributed by atoms with van der Waals surface area (Å²) in [6, 6.07) is 7.31. The van der Waals surface area contributed by atoms with Crippen molar-refractivity contribution in [1.29, 1.82) is 0 Å². The number of benzene rings is 1. The quantitative estimate of drug-likeness (QED) is 0.562. The van der Waals surface area contributed by atoms with E-state index in [9.17, 15) is 14.7 Å². The summed E-state index contributed by atoms with van der Waals surface area (Å²) in [7, 11) is 0. The van der Waals surface area contributed by atoms with Crippen molar-refractivity contribution >= 4 is 11.6 Å². The zero-order valence-electron chi connectivity index (χ0n) is 17.0. The molecule has 4 aliphatic rings. The van der Waals surface area contributed by atoms with Gasteiger partial charge in [-0.05, 0) is 6.07 Å². The molecular weight excluding hydrogens is 368 g/mol. The lowest BCUT2D eigenvalue weighted by Crippen LogP contribution is -2.29. The summed E-state index contributed by atoms with van der Waals surface area (Å²) in [6.07, 6.45) is 1.52. The van der Waals surface area contributed by atoms with E-state index in [2.05, 4.69) is 0 Å². The van der Waals surface area contributed by atoms with Crippen LogP contribution in [0.5, 0.6) is 5.75 Å². The summed E-state index contributed by atoms with van der Waals surface area (Å²) in [6.45, 7) is 9.97. The Hall–Kier alpha value is -2.80. The van der Waals surface area contributed by atoms with E-state index >= 15 is 0 Å². The third-order valence-corrected chi connectivity index (χ3v) is 5.63. The van der Waals surface area contributed by atoms with Crippen LogP contribution in [-0.4, -0.2) is 77.2 Å². The fourth-order valence-corrected chi connectivity index (χ4v) is 3.43. The lowest BCUT2D eigenvalue weighted by molar-refractivity contribution is -0.117. The summed E-state index contributed by atoms with van der Waals surface area (Å²) in [5.74, 6) is 0.375. The molecule has 0 atom stereocenters. The molecule has 0 spiro atoms.